The van der Waals surface area contributed by atoms with Gasteiger partial charge in [-0.1, -0.05) is 11.6 Å². The monoisotopic (exact) mass is 250 g/mol. The molecule has 0 atom stereocenters. The SMILES string of the molecule is COc1cc(Cl)c(C)c2cc(C)c(CN)nc12. The second kappa shape index (κ2) is 4.51. The van der Waals surface area contributed by atoms with Crippen molar-refractivity contribution < 1.29 is 4.74 Å². The summed E-state index contributed by atoms with van der Waals surface area (Å²) in [6.45, 7) is 4.40. The van der Waals surface area contributed by atoms with Gasteiger partial charge in [-0.3, -0.25) is 0 Å². The van der Waals surface area contributed by atoms with Crippen molar-refractivity contribution in [3.05, 3.63) is 34.0 Å². The second-order valence-corrected chi connectivity index (χ2v) is 4.45. The van der Waals surface area contributed by atoms with E-state index in [0.29, 0.717) is 17.3 Å². The molecule has 0 spiro atoms. The molecule has 0 aliphatic rings. The van der Waals surface area contributed by atoms with Crippen molar-refractivity contribution in [2.24, 2.45) is 5.73 Å². The maximum Gasteiger partial charge on any atom is 0.146 e. The number of benzene rings is 1. The zero-order valence-corrected chi connectivity index (χ0v) is 10.9. The molecular formula is C13H15ClN2O. The van der Waals surface area contributed by atoms with E-state index < -0.39 is 0 Å². The van der Waals surface area contributed by atoms with E-state index in [1.165, 1.54) is 0 Å². The van der Waals surface area contributed by atoms with Gasteiger partial charge in [0.05, 0.1) is 12.8 Å². The highest BCUT2D eigenvalue weighted by Crippen LogP contribution is 2.33. The summed E-state index contributed by atoms with van der Waals surface area (Å²) in [7, 11) is 1.62. The Kier molecular flexibility index (Phi) is 3.22. The lowest BCUT2D eigenvalue weighted by Crippen LogP contribution is -2.03. The number of ether oxygens (including phenoxy) is 1. The zero-order chi connectivity index (χ0) is 12.6. The molecule has 3 nitrogen and oxygen atoms in total. The molecule has 0 radical (unpaired) electrons. The van der Waals surface area contributed by atoms with Crippen LogP contribution in [0.1, 0.15) is 16.8 Å². The maximum atomic E-state index is 6.17. The molecule has 0 bridgehead atoms. The lowest BCUT2D eigenvalue weighted by Gasteiger charge is -2.12. The van der Waals surface area contributed by atoms with E-state index >= 15 is 0 Å². The molecular weight excluding hydrogens is 236 g/mol. The third-order valence-electron chi connectivity index (χ3n) is 2.98. The molecule has 0 aliphatic heterocycles. The molecule has 2 N–H and O–H groups in total. The molecule has 17 heavy (non-hydrogen) atoms. The second-order valence-electron chi connectivity index (χ2n) is 4.04. The smallest absolute Gasteiger partial charge is 0.146 e. The molecule has 0 aliphatic carbocycles. The fraction of sp³-hybridized carbons (Fsp3) is 0.308. The third kappa shape index (κ3) is 1.96. The van der Waals surface area contributed by atoms with Crippen molar-refractivity contribution in [3.63, 3.8) is 0 Å². The van der Waals surface area contributed by atoms with Gasteiger partial charge in [-0.05, 0) is 31.0 Å². The number of nitrogens with zero attached hydrogens (tertiary/aromatic N) is 1. The van der Waals surface area contributed by atoms with Crippen molar-refractivity contribution in [1.29, 1.82) is 0 Å². The van der Waals surface area contributed by atoms with Crippen molar-refractivity contribution >= 4 is 22.5 Å². The topological polar surface area (TPSA) is 48.1 Å². The number of rotatable bonds is 2. The van der Waals surface area contributed by atoms with Crippen LogP contribution in [0.4, 0.5) is 0 Å². The number of pyridine rings is 1. The van der Waals surface area contributed by atoms with E-state index in [4.69, 9.17) is 22.1 Å². The van der Waals surface area contributed by atoms with Gasteiger partial charge in [-0.15, -0.1) is 0 Å². The number of methoxy groups -OCH3 is 1. The Bertz CT molecular complexity index is 581. The van der Waals surface area contributed by atoms with E-state index in [1.54, 1.807) is 13.2 Å². The Labute approximate surface area is 106 Å². The molecule has 0 amide bonds. The van der Waals surface area contributed by atoms with Crippen molar-refractivity contribution in [2.45, 2.75) is 20.4 Å². The van der Waals surface area contributed by atoms with Gasteiger partial charge in [-0.2, -0.15) is 0 Å². The molecule has 1 aromatic heterocycles. The van der Waals surface area contributed by atoms with Crippen LogP contribution in [-0.4, -0.2) is 12.1 Å². The van der Waals surface area contributed by atoms with E-state index in [1.807, 2.05) is 13.8 Å². The van der Waals surface area contributed by atoms with Gasteiger partial charge in [0.1, 0.15) is 11.3 Å². The summed E-state index contributed by atoms with van der Waals surface area (Å²) in [4.78, 5) is 4.56. The lowest BCUT2D eigenvalue weighted by atomic mass is 10.1. The Morgan fingerprint density at radius 1 is 1.35 bits per heavy atom. The normalized spacial score (nSPS) is 10.9. The quantitative estimate of drug-likeness (QED) is 0.892. The average molecular weight is 251 g/mol. The minimum absolute atomic E-state index is 0.423. The first-order valence-corrected chi connectivity index (χ1v) is 5.79. The van der Waals surface area contributed by atoms with Gasteiger partial charge < -0.3 is 10.5 Å². The van der Waals surface area contributed by atoms with Gasteiger partial charge >= 0.3 is 0 Å². The third-order valence-corrected chi connectivity index (χ3v) is 3.38. The molecule has 1 aromatic carbocycles. The number of halogens is 1. The average Bonchev–Trinajstić information content (AvgIpc) is 2.33. The maximum absolute atomic E-state index is 6.17. The lowest BCUT2D eigenvalue weighted by molar-refractivity contribution is 0.418. The van der Waals surface area contributed by atoms with Crippen molar-refractivity contribution in [2.75, 3.05) is 7.11 Å². The first-order chi connectivity index (χ1) is 8.08. The van der Waals surface area contributed by atoms with Crippen LogP contribution in [0.5, 0.6) is 5.75 Å². The number of fused-ring (bicyclic) bond motifs is 1. The number of nitrogens with two attached hydrogens (primary N) is 1. The molecule has 2 aromatic rings. The standard InChI is InChI=1S/C13H15ClN2O/c1-7-4-9-8(2)10(14)5-12(17-3)13(9)16-11(7)6-15/h4-5H,6,15H2,1-3H3. The van der Waals surface area contributed by atoms with Gasteiger partial charge in [0.15, 0.2) is 0 Å². The van der Waals surface area contributed by atoms with Gasteiger partial charge in [0, 0.05) is 23.0 Å². The largest absolute Gasteiger partial charge is 0.494 e. The Hall–Kier alpha value is -1.32. The Balaban J connectivity index is 2.88. The van der Waals surface area contributed by atoms with E-state index in [-0.39, 0.29) is 0 Å². The summed E-state index contributed by atoms with van der Waals surface area (Å²) in [5.74, 6) is 0.685. The Morgan fingerprint density at radius 2 is 2.06 bits per heavy atom. The molecule has 2 rings (SSSR count). The fourth-order valence-electron chi connectivity index (χ4n) is 1.91. The fourth-order valence-corrected chi connectivity index (χ4v) is 2.11. The van der Waals surface area contributed by atoms with E-state index in [2.05, 4.69) is 11.1 Å². The van der Waals surface area contributed by atoms with E-state index in [0.717, 1.165) is 27.7 Å². The number of hydrogen-bond acceptors (Lipinski definition) is 3. The summed E-state index contributed by atoms with van der Waals surface area (Å²) >= 11 is 6.17. The number of aryl methyl sites for hydroxylation is 2. The van der Waals surface area contributed by atoms with Crippen molar-refractivity contribution in [3.8, 4) is 5.75 Å². The van der Waals surface area contributed by atoms with Crippen LogP contribution in [0.3, 0.4) is 0 Å². The van der Waals surface area contributed by atoms with E-state index in [9.17, 15) is 0 Å². The number of hydrogen-bond donors (Lipinski definition) is 1. The van der Waals surface area contributed by atoms with Crippen LogP contribution in [0.2, 0.25) is 5.02 Å². The highest BCUT2D eigenvalue weighted by molar-refractivity contribution is 6.32. The molecule has 90 valence electrons. The molecule has 0 fully saturated rings. The first kappa shape index (κ1) is 12.1. The number of aromatic nitrogens is 1. The zero-order valence-electron chi connectivity index (χ0n) is 10.2. The van der Waals surface area contributed by atoms with Gasteiger partial charge in [0.25, 0.3) is 0 Å². The molecule has 0 unspecified atom stereocenters. The summed E-state index contributed by atoms with van der Waals surface area (Å²) in [5.41, 5.74) is 9.47. The minimum Gasteiger partial charge on any atom is -0.494 e. The van der Waals surface area contributed by atoms with Crippen LogP contribution >= 0.6 is 11.6 Å². The summed E-state index contributed by atoms with van der Waals surface area (Å²) in [5, 5.41) is 1.71. The first-order valence-electron chi connectivity index (χ1n) is 5.42. The summed E-state index contributed by atoms with van der Waals surface area (Å²) in [6.07, 6.45) is 0. The van der Waals surface area contributed by atoms with Crippen LogP contribution in [-0.2, 0) is 6.54 Å². The molecule has 0 saturated carbocycles. The molecule has 0 saturated heterocycles. The summed E-state index contributed by atoms with van der Waals surface area (Å²) < 4.78 is 5.31. The predicted molar refractivity (Wildman–Crippen MR) is 70.7 cm³/mol. The van der Waals surface area contributed by atoms with Gasteiger partial charge in [-0.25, -0.2) is 4.98 Å². The van der Waals surface area contributed by atoms with Crippen LogP contribution in [0.15, 0.2) is 12.1 Å². The highest BCUT2D eigenvalue weighted by atomic mass is 35.5. The van der Waals surface area contributed by atoms with Gasteiger partial charge in [0.2, 0.25) is 0 Å². The summed E-state index contributed by atoms with van der Waals surface area (Å²) in [6, 6.07) is 3.86. The highest BCUT2D eigenvalue weighted by Gasteiger charge is 2.12. The molecule has 1 heterocycles. The molecule has 4 heteroatoms. The van der Waals surface area contributed by atoms with Crippen LogP contribution in [0, 0.1) is 13.8 Å². The van der Waals surface area contributed by atoms with Crippen molar-refractivity contribution in [1.82, 2.24) is 4.98 Å². The predicted octanol–water partition coefficient (Wildman–Crippen LogP) is 2.97. The van der Waals surface area contributed by atoms with Crippen LogP contribution < -0.4 is 10.5 Å². The van der Waals surface area contributed by atoms with Crippen LogP contribution in [0.25, 0.3) is 10.9 Å². The Morgan fingerprint density at radius 3 is 2.65 bits per heavy atom. The minimum atomic E-state index is 0.423.